The van der Waals surface area contributed by atoms with Gasteiger partial charge in [-0.3, -0.25) is 0 Å². The van der Waals surface area contributed by atoms with Crippen molar-refractivity contribution in [3.8, 4) is 0 Å². The lowest BCUT2D eigenvalue weighted by Gasteiger charge is -2.17. The van der Waals surface area contributed by atoms with E-state index in [1.807, 2.05) is 0 Å². The molecule has 1 atom stereocenters. The van der Waals surface area contributed by atoms with Crippen LogP contribution in [0.25, 0.3) is 0 Å². The van der Waals surface area contributed by atoms with Crippen molar-refractivity contribution in [2.24, 2.45) is 0 Å². The van der Waals surface area contributed by atoms with Gasteiger partial charge in [0.2, 0.25) is 10.0 Å². The highest BCUT2D eigenvalue weighted by Crippen LogP contribution is 2.25. The van der Waals surface area contributed by atoms with E-state index in [0.29, 0.717) is 25.1 Å². The number of hydrogen-bond acceptors (Lipinski definition) is 2. The summed E-state index contributed by atoms with van der Waals surface area (Å²) in [6.45, 7) is 2.33. The average molecular weight is 278 g/mol. The van der Waals surface area contributed by atoms with E-state index in [1.165, 1.54) is 16.4 Å². The molecule has 0 saturated carbocycles. The monoisotopic (exact) mass is 277 g/mol. The van der Waals surface area contributed by atoms with Gasteiger partial charge in [0.25, 0.3) is 0 Å². The molecule has 1 unspecified atom stereocenters. The smallest absolute Gasteiger partial charge is 0.207 e. The van der Waals surface area contributed by atoms with Crippen LogP contribution in [-0.2, 0) is 10.0 Å². The van der Waals surface area contributed by atoms with Crippen LogP contribution < -0.4 is 0 Å². The first kappa shape index (κ1) is 12.8. The standard InChI is InChI=1S/C11H13ClFNO2S/c1-8-6-10(13)2-3-11(8)17(15,16)14-5-4-9(12)7-14/h2-3,6,9H,4-5,7H2,1H3. The molecule has 0 aliphatic carbocycles. The van der Waals surface area contributed by atoms with Gasteiger partial charge < -0.3 is 0 Å². The van der Waals surface area contributed by atoms with Crippen LogP contribution in [0.4, 0.5) is 4.39 Å². The highest BCUT2D eigenvalue weighted by Gasteiger charge is 2.32. The maximum Gasteiger partial charge on any atom is 0.243 e. The zero-order valence-corrected chi connectivity index (χ0v) is 10.9. The van der Waals surface area contributed by atoms with E-state index < -0.39 is 15.8 Å². The van der Waals surface area contributed by atoms with Gasteiger partial charge in [0.05, 0.1) is 4.90 Å². The summed E-state index contributed by atoms with van der Waals surface area (Å²) < 4.78 is 38.8. The third-order valence-electron chi connectivity index (χ3n) is 2.85. The van der Waals surface area contributed by atoms with E-state index in [1.54, 1.807) is 6.92 Å². The third kappa shape index (κ3) is 2.46. The Bertz CT molecular complexity index is 532. The van der Waals surface area contributed by atoms with E-state index in [9.17, 15) is 12.8 Å². The molecule has 0 spiro atoms. The second-order valence-electron chi connectivity index (χ2n) is 4.16. The van der Waals surface area contributed by atoms with Crippen LogP contribution in [0.2, 0.25) is 0 Å². The first-order chi connectivity index (χ1) is 7.91. The van der Waals surface area contributed by atoms with E-state index >= 15 is 0 Å². The molecule has 1 saturated heterocycles. The van der Waals surface area contributed by atoms with E-state index in [2.05, 4.69) is 0 Å². The molecule has 6 heteroatoms. The van der Waals surface area contributed by atoms with Crippen molar-refractivity contribution in [1.29, 1.82) is 0 Å². The molecule has 0 bridgehead atoms. The third-order valence-corrected chi connectivity index (χ3v) is 5.23. The van der Waals surface area contributed by atoms with Gasteiger partial charge >= 0.3 is 0 Å². The fourth-order valence-electron chi connectivity index (χ4n) is 1.95. The number of rotatable bonds is 2. The van der Waals surface area contributed by atoms with Gasteiger partial charge in [-0.25, -0.2) is 12.8 Å². The number of benzene rings is 1. The normalized spacial score (nSPS) is 21.9. The van der Waals surface area contributed by atoms with Gasteiger partial charge in [0.15, 0.2) is 0 Å². The van der Waals surface area contributed by atoms with Gasteiger partial charge in [0, 0.05) is 18.5 Å². The molecule has 17 heavy (non-hydrogen) atoms. The van der Waals surface area contributed by atoms with Gasteiger partial charge in [-0.05, 0) is 37.1 Å². The SMILES string of the molecule is Cc1cc(F)ccc1S(=O)(=O)N1CCC(Cl)C1. The Balaban J connectivity index is 2.38. The summed E-state index contributed by atoms with van der Waals surface area (Å²) in [5.74, 6) is -0.432. The Morgan fingerprint density at radius 2 is 2.18 bits per heavy atom. The minimum absolute atomic E-state index is 0.134. The summed E-state index contributed by atoms with van der Waals surface area (Å²) in [4.78, 5) is 0.157. The highest BCUT2D eigenvalue weighted by atomic mass is 35.5. The van der Waals surface area contributed by atoms with E-state index in [0.717, 1.165) is 6.07 Å². The van der Waals surface area contributed by atoms with Crippen molar-refractivity contribution in [2.45, 2.75) is 23.6 Å². The van der Waals surface area contributed by atoms with Crippen LogP contribution in [0.5, 0.6) is 0 Å². The fourth-order valence-corrected chi connectivity index (χ4v) is 4.00. The highest BCUT2D eigenvalue weighted by molar-refractivity contribution is 7.89. The number of halogens is 2. The fraction of sp³-hybridized carbons (Fsp3) is 0.455. The molecule has 1 aliphatic rings. The van der Waals surface area contributed by atoms with Crippen LogP contribution in [0, 0.1) is 12.7 Å². The minimum atomic E-state index is -3.54. The largest absolute Gasteiger partial charge is 0.243 e. The molecule has 1 aromatic rings. The van der Waals surface area contributed by atoms with Crippen molar-refractivity contribution in [2.75, 3.05) is 13.1 Å². The van der Waals surface area contributed by atoms with Crippen molar-refractivity contribution in [3.05, 3.63) is 29.6 Å². The van der Waals surface area contributed by atoms with E-state index in [4.69, 9.17) is 11.6 Å². The molecule has 94 valence electrons. The van der Waals surface area contributed by atoms with E-state index in [-0.39, 0.29) is 10.3 Å². The van der Waals surface area contributed by atoms with Crippen LogP contribution in [0.1, 0.15) is 12.0 Å². The second kappa shape index (κ2) is 4.55. The summed E-state index contributed by atoms with van der Waals surface area (Å²) in [6.07, 6.45) is 0.654. The Morgan fingerprint density at radius 1 is 1.47 bits per heavy atom. The Morgan fingerprint density at radius 3 is 2.71 bits per heavy atom. The maximum atomic E-state index is 12.9. The molecule has 1 heterocycles. The summed E-state index contributed by atoms with van der Waals surface area (Å²) in [7, 11) is -3.54. The first-order valence-electron chi connectivity index (χ1n) is 5.31. The number of hydrogen-bond donors (Lipinski definition) is 0. The molecule has 0 amide bonds. The minimum Gasteiger partial charge on any atom is -0.207 e. The molecule has 2 rings (SSSR count). The van der Waals surface area contributed by atoms with Crippen molar-refractivity contribution in [3.63, 3.8) is 0 Å². The summed E-state index contributed by atoms with van der Waals surface area (Å²) in [6, 6.07) is 3.69. The molecule has 1 aliphatic heterocycles. The number of alkyl halides is 1. The molecular weight excluding hydrogens is 265 g/mol. The van der Waals surface area contributed by atoms with Gasteiger partial charge in [-0.1, -0.05) is 0 Å². The summed E-state index contributed by atoms with van der Waals surface area (Å²) in [5, 5.41) is -0.134. The van der Waals surface area contributed by atoms with Crippen molar-refractivity contribution in [1.82, 2.24) is 4.31 Å². The number of sulfonamides is 1. The Hall–Kier alpha value is -0.650. The zero-order chi connectivity index (χ0) is 12.6. The van der Waals surface area contributed by atoms with Gasteiger partial charge in [-0.15, -0.1) is 11.6 Å². The molecule has 1 aromatic carbocycles. The van der Waals surface area contributed by atoms with Gasteiger partial charge in [-0.2, -0.15) is 4.31 Å². The molecule has 0 radical (unpaired) electrons. The average Bonchev–Trinajstić information content (AvgIpc) is 2.64. The van der Waals surface area contributed by atoms with Crippen LogP contribution >= 0.6 is 11.6 Å². The lowest BCUT2D eigenvalue weighted by atomic mass is 10.2. The molecule has 1 fully saturated rings. The number of aryl methyl sites for hydroxylation is 1. The zero-order valence-electron chi connectivity index (χ0n) is 9.36. The van der Waals surface area contributed by atoms with Crippen LogP contribution in [-0.4, -0.2) is 31.2 Å². The van der Waals surface area contributed by atoms with Crippen LogP contribution in [0.3, 0.4) is 0 Å². The predicted octanol–water partition coefficient (Wildman–Crippen LogP) is 2.14. The van der Waals surface area contributed by atoms with Crippen molar-refractivity contribution < 1.29 is 12.8 Å². The Labute approximate surface area is 105 Å². The summed E-state index contributed by atoms with van der Waals surface area (Å²) >= 11 is 5.90. The lowest BCUT2D eigenvalue weighted by Crippen LogP contribution is -2.29. The predicted molar refractivity (Wildman–Crippen MR) is 64.2 cm³/mol. The number of nitrogens with zero attached hydrogens (tertiary/aromatic N) is 1. The Kier molecular flexibility index (Phi) is 3.43. The first-order valence-corrected chi connectivity index (χ1v) is 7.19. The molecular formula is C11H13ClFNO2S. The lowest BCUT2D eigenvalue weighted by molar-refractivity contribution is 0.477. The molecule has 3 nitrogen and oxygen atoms in total. The van der Waals surface area contributed by atoms with Gasteiger partial charge in [0.1, 0.15) is 5.82 Å². The summed E-state index contributed by atoms with van der Waals surface area (Å²) in [5.41, 5.74) is 0.419. The molecule has 0 N–H and O–H groups in total. The quantitative estimate of drug-likeness (QED) is 0.777. The topological polar surface area (TPSA) is 37.4 Å². The van der Waals surface area contributed by atoms with Crippen molar-refractivity contribution >= 4 is 21.6 Å². The second-order valence-corrected chi connectivity index (χ2v) is 6.68. The molecule has 0 aromatic heterocycles. The maximum absolute atomic E-state index is 12.9. The van der Waals surface area contributed by atoms with Crippen LogP contribution in [0.15, 0.2) is 23.1 Å².